The van der Waals surface area contributed by atoms with E-state index in [2.05, 4.69) is 32.9 Å². The van der Waals surface area contributed by atoms with Crippen molar-refractivity contribution in [3.05, 3.63) is 12.2 Å². The van der Waals surface area contributed by atoms with Crippen molar-refractivity contribution in [3.63, 3.8) is 0 Å². The quantitative estimate of drug-likeness (QED) is 0.00886. The van der Waals surface area contributed by atoms with Gasteiger partial charge >= 0.3 is 25.7 Å². The Morgan fingerprint density at radius 1 is 0.396 bits per heavy atom. The first-order chi connectivity index (χ1) is 46.3. The highest BCUT2D eigenvalue weighted by Gasteiger charge is 2.58. The van der Waals surface area contributed by atoms with E-state index in [1.54, 1.807) is 0 Å². The molecule has 11 N–H and O–H groups in total. The highest BCUT2D eigenvalue weighted by molar-refractivity contribution is 7.47. The fraction of sp³-hybridized carbons (Fsp3) is 0.930. The van der Waals surface area contributed by atoms with E-state index < -0.39 is 156 Å². The number of rotatable bonds is 58. The summed E-state index contributed by atoms with van der Waals surface area (Å²) < 4.78 is 64.9. The van der Waals surface area contributed by atoms with Gasteiger partial charge in [0.05, 0.1) is 13.2 Å². The third-order valence-corrected chi connectivity index (χ3v) is 19.5. The maximum absolute atomic E-state index is 14.3. The number of phosphoric ester groups is 1. The summed E-state index contributed by atoms with van der Waals surface area (Å²) in [4.78, 5) is 50.9. The Balaban J connectivity index is 1.73. The van der Waals surface area contributed by atoms with Crippen molar-refractivity contribution in [2.24, 2.45) is 0 Å². The maximum Gasteiger partial charge on any atom is 0.472 e. The van der Waals surface area contributed by atoms with Gasteiger partial charge in [0, 0.05) is 19.3 Å². The lowest BCUT2D eigenvalue weighted by Crippen LogP contribution is -2.69. The van der Waals surface area contributed by atoms with Crippen LogP contribution in [0.1, 0.15) is 290 Å². The highest BCUT2D eigenvalue weighted by atomic mass is 31.2. The van der Waals surface area contributed by atoms with Gasteiger partial charge in [0.15, 0.2) is 18.7 Å². The summed E-state index contributed by atoms with van der Waals surface area (Å²) in [5, 5.41) is 110. The molecule has 1 saturated carbocycles. The summed E-state index contributed by atoms with van der Waals surface area (Å²) in [5.41, 5.74) is 0. The zero-order valence-electron chi connectivity index (χ0n) is 58.7. The number of aliphatic hydroxyl groups excluding tert-OH is 10. The summed E-state index contributed by atoms with van der Waals surface area (Å²) in [7, 11) is -5.69. The number of ether oxygens (including phenoxy) is 7. The van der Waals surface area contributed by atoms with E-state index in [4.69, 9.17) is 42.2 Å². The van der Waals surface area contributed by atoms with Crippen LogP contribution >= 0.6 is 7.82 Å². The Bertz CT molecular complexity index is 2040. The van der Waals surface area contributed by atoms with Crippen LogP contribution in [0.4, 0.5) is 0 Å². The van der Waals surface area contributed by atoms with Gasteiger partial charge in [-0.2, -0.15) is 0 Å². The molecule has 96 heavy (non-hydrogen) atoms. The molecule has 18 atom stereocenters. The largest absolute Gasteiger partial charge is 0.472 e. The summed E-state index contributed by atoms with van der Waals surface area (Å²) >= 11 is 0. The molecule has 25 heteroatoms. The van der Waals surface area contributed by atoms with Gasteiger partial charge in [-0.3, -0.25) is 23.4 Å². The monoisotopic (exact) mass is 1400 g/mol. The molecule has 3 rings (SSSR count). The van der Waals surface area contributed by atoms with Crippen LogP contribution in [0.15, 0.2) is 12.2 Å². The van der Waals surface area contributed by atoms with Gasteiger partial charge in [0.2, 0.25) is 0 Å². The highest BCUT2D eigenvalue weighted by Crippen LogP contribution is 2.49. The third-order valence-electron chi connectivity index (χ3n) is 18.5. The fourth-order valence-corrected chi connectivity index (χ4v) is 13.4. The number of hydrogen-bond donors (Lipinski definition) is 11. The lowest BCUT2D eigenvalue weighted by molar-refractivity contribution is -0.360. The first kappa shape index (κ1) is 87.9. The van der Waals surface area contributed by atoms with Crippen LogP contribution in [-0.4, -0.2) is 204 Å². The number of carbonyl (C=O) groups is 3. The minimum absolute atomic E-state index is 0.0322. The topological polar surface area (TPSA) is 374 Å². The number of esters is 3. The lowest BCUT2D eigenvalue weighted by atomic mass is 9.84. The van der Waals surface area contributed by atoms with Gasteiger partial charge in [-0.05, 0) is 44.9 Å². The van der Waals surface area contributed by atoms with E-state index in [1.165, 1.54) is 135 Å². The molecule has 0 amide bonds. The van der Waals surface area contributed by atoms with Crippen molar-refractivity contribution < 1.29 is 117 Å². The first-order valence-corrected chi connectivity index (χ1v) is 39.0. The van der Waals surface area contributed by atoms with Crippen molar-refractivity contribution >= 4 is 25.7 Å². The van der Waals surface area contributed by atoms with Crippen LogP contribution in [0.2, 0.25) is 0 Å². The second-order valence-corrected chi connectivity index (χ2v) is 28.4. The van der Waals surface area contributed by atoms with Crippen molar-refractivity contribution in [1.82, 2.24) is 0 Å². The third kappa shape index (κ3) is 36.5. The summed E-state index contributed by atoms with van der Waals surface area (Å²) in [6.45, 7) is 3.42. The number of aliphatic hydroxyl groups is 10. The van der Waals surface area contributed by atoms with Crippen LogP contribution < -0.4 is 0 Å². The predicted octanol–water partition coefficient (Wildman–Crippen LogP) is 9.96. The van der Waals surface area contributed by atoms with E-state index in [1.807, 2.05) is 0 Å². The molecule has 1 aliphatic carbocycles. The van der Waals surface area contributed by atoms with E-state index in [9.17, 15) is 74.9 Å². The minimum atomic E-state index is -5.69. The minimum Gasteiger partial charge on any atom is -0.463 e. The normalized spacial score (nSPS) is 28.0. The van der Waals surface area contributed by atoms with E-state index in [0.29, 0.717) is 25.7 Å². The maximum atomic E-state index is 14.3. The molecule has 564 valence electrons. The van der Waals surface area contributed by atoms with Crippen LogP contribution in [0.25, 0.3) is 0 Å². The molecular weight excluding hydrogens is 1270 g/mol. The molecule has 0 aromatic carbocycles. The number of allylic oxidation sites excluding steroid dienone is 2. The molecular formula is C71H131O24P. The van der Waals surface area contributed by atoms with Crippen LogP contribution in [-0.2, 0) is 61.2 Å². The van der Waals surface area contributed by atoms with Gasteiger partial charge in [-0.1, -0.05) is 238 Å². The molecule has 3 aliphatic rings. The lowest BCUT2D eigenvalue weighted by Gasteiger charge is -2.49. The standard InChI is InChI=1S/C71H131O24P/c1-4-7-10-13-16-19-22-24-26-27-29-31-34-37-40-43-46-56(74)88-51-54-59(77)61(79)66(84)71(92-54)94-68-64(82)62(80)63(81)67(93-70-65(83)60(78)58(76)53(48-72)91-70)69(68)95-96(85,86)89-50-52(49-87-55(73)45-42-39-36-33-30-21-18-15-12-9-6-3)90-57(75)47-44-41-38-35-32-28-25-23-20-17-14-11-8-5-2/h28,32,52-54,58-72,76-84H,4-27,29-31,33-51H2,1-3H3,(H,85,86)/b32-28-. The number of hydrogen-bond acceptors (Lipinski definition) is 23. The molecule has 0 bridgehead atoms. The Labute approximate surface area is 573 Å². The molecule has 0 spiro atoms. The van der Waals surface area contributed by atoms with Crippen molar-refractivity contribution in [2.75, 3.05) is 26.4 Å². The molecule has 3 fully saturated rings. The average Bonchev–Trinajstić information content (AvgIpc) is 0.764. The van der Waals surface area contributed by atoms with E-state index in [-0.39, 0.29) is 19.3 Å². The van der Waals surface area contributed by atoms with Gasteiger partial charge in [0.25, 0.3) is 0 Å². The predicted molar refractivity (Wildman–Crippen MR) is 361 cm³/mol. The van der Waals surface area contributed by atoms with Gasteiger partial charge < -0.3 is 89.1 Å². The van der Waals surface area contributed by atoms with Gasteiger partial charge in [-0.15, -0.1) is 0 Å². The Hall–Kier alpha value is -2.30. The number of carbonyl (C=O) groups excluding carboxylic acids is 3. The van der Waals surface area contributed by atoms with E-state index in [0.717, 1.165) is 89.9 Å². The summed E-state index contributed by atoms with van der Waals surface area (Å²) in [6, 6.07) is 0. The molecule has 0 aromatic heterocycles. The molecule has 0 aromatic rings. The summed E-state index contributed by atoms with van der Waals surface area (Å²) in [5.74, 6) is -2.00. The van der Waals surface area contributed by atoms with Crippen molar-refractivity contribution in [3.8, 4) is 0 Å². The van der Waals surface area contributed by atoms with Crippen molar-refractivity contribution in [1.29, 1.82) is 0 Å². The number of unbranched alkanes of at least 4 members (excludes halogenated alkanes) is 35. The zero-order chi connectivity index (χ0) is 70.4. The fourth-order valence-electron chi connectivity index (χ4n) is 12.4. The molecule has 2 heterocycles. The molecule has 0 radical (unpaired) electrons. The Morgan fingerprint density at radius 2 is 0.729 bits per heavy atom. The van der Waals surface area contributed by atoms with Crippen LogP contribution in [0, 0.1) is 0 Å². The Morgan fingerprint density at radius 3 is 1.14 bits per heavy atom. The molecule has 18 unspecified atom stereocenters. The zero-order valence-corrected chi connectivity index (χ0v) is 59.6. The van der Waals surface area contributed by atoms with Crippen LogP contribution in [0.3, 0.4) is 0 Å². The number of phosphoric acid groups is 1. The second-order valence-electron chi connectivity index (χ2n) is 27.0. The Kier molecular flexibility index (Phi) is 49.0. The summed E-state index contributed by atoms with van der Waals surface area (Å²) in [6.07, 6.45) is 11.5. The SMILES string of the molecule is CCCCCCCCC/C=C\CCCCCC(=O)OC(COC(=O)CCCCCCCCCCCCC)COP(=O)(O)OC1C(OC2OC(CO)C(O)C(O)C2O)C(O)C(O)C(O)C1OC1OC(COC(=O)CCCCCCCCCCCCCCCCCC)C(O)C(O)C1O. The molecule has 2 saturated heterocycles. The van der Waals surface area contributed by atoms with Gasteiger partial charge in [-0.25, -0.2) is 4.57 Å². The molecule has 24 nitrogen and oxygen atoms in total. The van der Waals surface area contributed by atoms with E-state index >= 15 is 0 Å². The first-order valence-electron chi connectivity index (χ1n) is 37.5. The smallest absolute Gasteiger partial charge is 0.463 e. The van der Waals surface area contributed by atoms with Crippen LogP contribution in [0.5, 0.6) is 0 Å². The van der Waals surface area contributed by atoms with Gasteiger partial charge in [0.1, 0.15) is 98.7 Å². The molecule has 2 aliphatic heterocycles. The second kappa shape index (κ2) is 53.5. The average molecular weight is 1400 g/mol. The van der Waals surface area contributed by atoms with Crippen molar-refractivity contribution in [2.45, 2.75) is 395 Å².